The molecule has 0 aliphatic heterocycles. The van der Waals surface area contributed by atoms with Crippen LogP contribution in [0.15, 0.2) is 60.7 Å². The van der Waals surface area contributed by atoms with Gasteiger partial charge in [0.15, 0.2) is 11.5 Å². The van der Waals surface area contributed by atoms with Crippen molar-refractivity contribution in [1.29, 1.82) is 0 Å². The third-order valence-corrected chi connectivity index (χ3v) is 4.79. The first-order valence-corrected chi connectivity index (χ1v) is 10.1. The molecule has 0 fully saturated rings. The summed E-state index contributed by atoms with van der Waals surface area (Å²) in [6.45, 7) is 0.481. The molecule has 0 radical (unpaired) electrons. The van der Waals surface area contributed by atoms with Crippen LogP contribution in [0.25, 0.3) is 17.0 Å². The minimum absolute atomic E-state index is 0.213. The number of methoxy groups -OCH3 is 2. The van der Waals surface area contributed by atoms with Crippen molar-refractivity contribution in [2.24, 2.45) is 0 Å². The maximum Gasteiger partial charge on any atom is 0.337 e. The number of fused-ring (bicyclic) bond motifs is 1. The summed E-state index contributed by atoms with van der Waals surface area (Å²) < 4.78 is 17.1. The van der Waals surface area contributed by atoms with Gasteiger partial charge in [-0.2, -0.15) is 4.52 Å². The van der Waals surface area contributed by atoms with Crippen LogP contribution in [0.3, 0.4) is 0 Å². The summed E-state index contributed by atoms with van der Waals surface area (Å²) in [4.78, 5) is 23.7. The normalized spacial score (nSPS) is 10.6. The monoisotopic (exact) mass is 447 g/mol. The van der Waals surface area contributed by atoms with Crippen LogP contribution in [0.5, 0.6) is 11.6 Å². The van der Waals surface area contributed by atoms with Crippen molar-refractivity contribution < 1.29 is 23.8 Å². The van der Waals surface area contributed by atoms with Gasteiger partial charge in [0.25, 0.3) is 5.91 Å². The largest absolute Gasteiger partial charge is 0.497 e. The molecule has 33 heavy (non-hydrogen) atoms. The number of hydrogen-bond donors (Lipinski definition) is 1. The van der Waals surface area contributed by atoms with Crippen LogP contribution in [-0.2, 0) is 4.74 Å². The van der Waals surface area contributed by atoms with Crippen molar-refractivity contribution in [2.75, 3.05) is 27.4 Å². The quantitative estimate of drug-likeness (QED) is 0.323. The van der Waals surface area contributed by atoms with Gasteiger partial charge in [0.05, 0.1) is 26.3 Å². The molecule has 0 saturated heterocycles. The number of hydrogen-bond acceptors (Lipinski definition) is 8. The number of carbonyl (C=O) groups is 2. The summed E-state index contributed by atoms with van der Waals surface area (Å²) in [6.07, 6.45) is 0. The van der Waals surface area contributed by atoms with Gasteiger partial charge >= 0.3 is 5.97 Å². The summed E-state index contributed by atoms with van der Waals surface area (Å²) in [7, 11) is 2.91. The van der Waals surface area contributed by atoms with E-state index >= 15 is 0 Å². The first-order valence-electron chi connectivity index (χ1n) is 10.1. The number of rotatable bonds is 8. The van der Waals surface area contributed by atoms with E-state index in [4.69, 9.17) is 9.47 Å². The summed E-state index contributed by atoms with van der Waals surface area (Å²) in [6, 6.07) is 17.1. The number of nitrogens with one attached hydrogen (secondary N) is 1. The van der Waals surface area contributed by atoms with Crippen molar-refractivity contribution in [3.05, 3.63) is 71.8 Å². The Bertz CT molecular complexity index is 1270. The van der Waals surface area contributed by atoms with E-state index in [9.17, 15) is 9.59 Å². The van der Waals surface area contributed by atoms with Gasteiger partial charge in [-0.1, -0.05) is 0 Å². The molecule has 0 spiro atoms. The molecule has 0 bridgehead atoms. The van der Waals surface area contributed by atoms with Crippen molar-refractivity contribution in [3.63, 3.8) is 0 Å². The van der Waals surface area contributed by atoms with Crippen LogP contribution >= 0.6 is 0 Å². The first-order chi connectivity index (χ1) is 16.1. The number of carbonyl (C=O) groups excluding carboxylic acids is 2. The lowest BCUT2D eigenvalue weighted by Crippen LogP contribution is -2.28. The lowest BCUT2D eigenvalue weighted by molar-refractivity contribution is 0.0600. The van der Waals surface area contributed by atoms with E-state index in [1.165, 1.54) is 19.2 Å². The highest BCUT2D eigenvalue weighted by atomic mass is 16.5. The number of ether oxygens (including phenoxy) is 3. The Balaban J connectivity index is 1.35. The van der Waals surface area contributed by atoms with Gasteiger partial charge in [-0.25, -0.2) is 4.79 Å². The minimum atomic E-state index is -0.455. The summed E-state index contributed by atoms with van der Waals surface area (Å²) in [5.41, 5.74) is 2.22. The summed E-state index contributed by atoms with van der Waals surface area (Å²) in [5.74, 6) is 0.948. The van der Waals surface area contributed by atoms with Crippen LogP contribution < -0.4 is 14.8 Å². The van der Waals surface area contributed by atoms with E-state index in [0.717, 1.165) is 11.3 Å². The Hall–Kier alpha value is -4.47. The van der Waals surface area contributed by atoms with Crippen LogP contribution in [0.1, 0.15) is 20.7 Å². The Morgan fingerprint density at radius 2 is 1.64 bits per heavy atom. The molecule has 0 aliphatic rings. The van der Waals surface area contributed by atoms with Crippen molar-refractivity contribution >= 4 is 17.5 Å². The zero-order valence-electron chi connectivity index (χ0n) is 18.0. The van der Waals surface area contributed by atoms with Gasteiger partial charge in [0.2, 0.25) is 5.88 Å². The minimum Gasteiger partial charge on any atom is -0.497 e. The maximum absolute atomic E-state index is 12.3. The average molecular weight is 447 g/mol. The molecule has 1 amide bonds. The summed E-state index contributed by atoms with van der Waals surface area (Å²) >= 11 is 0. The average Bonchev–Trinajstić information content (AvgIpc) is 3.29. The van der Waals surface area contributed by atoms with Gasteiger partial charge in [0.1, 0.15) is 12.4 Å². The molecule has 0 atom stereocenters. The number of nitrogens with zero attached hydrogens (tertiary/aromatic N) is 4. The highest BCUT2D eigenvalue weighted by Crippen LogP contribution is 2.21. The number of esters is 1. The lowest BCUT2D eigenvalue weighted by atomic mass is 10.1. The van der Waals surface area contributed by atoms with E-state index in [-0.39, 0.29) is 19.1 Å². The fraction of sp³-hybridized carbons (Fsp3) is 0.174. The number of amides is 1. The highest BCUT2D eigenvalue weighted by molar-refractivity contribution is 5.96. The van der Waals surface area contributed by atoms with Gasteiger partial charge < -0.3 is 19.5 Å². The molecule has 4 aromatic rings. The van der Waals surface area contributed by atoms with Crippen LogP contribution in [-0.4, -0.2) is 59.1 Å². The standard InChI is InChI=1S/C23H21N5O5/c1-31-18-9-7-15(8-10-18)21-26-25-19-11-12-20(27-28(19)21)33-14-13-24-22(29)16-3-5-17(6-4-16)23(30)32-2/h3-12H,13-14H2,1-2H3,(H,24,29). The molecule has 0 saturated carbocycles. The van der Waals surface area contributed by atoms with E-state index in [0.29, 0.717) is 28.5 Å². The smallest absolute Gasteiger partial charge is 0.337 e. The molecule has 4 rings (SSSR count). The predicted octanol–water partition coefficient (Wildman–Crippen LogP) is 2.40. The van der Waals surface area contributed by atoms with Gasteiger partial charge in [0, 0.05) is 17.2 Å². The fourth-order valence-corrected chi connectivity index (χ4v) is 3.07. The van der Waals surface area contributed by atoms with Crippen molar-refractivity contribution in [1.82, 2.24) is 25.1 Å². The second-order valence-electron chi connectivity index (χ2n) is 6.87. The van der Waals surface area contributed by atoms with E-state index in [1.54, 1.807) is 35.9 Å². The fourth-order valence-electron chi connectivity index (χ4n) is 3.07. The second-order valence-corrected chi connectivity index (χ2v) is 6.87. The zero-order chi connectivity index (χ0) is 23.2. The zero-order valence-corrected chi connectivity index (χ0v) is 18.0. The molecular formula is C23H21N5O5. The predicted molar refractivity (Wildman–Crippen MR) is 118 cm³/mol. The van der Waals surface area contributed by atoms with Crippen LogP contribution in [0.2, 0.25) is 0 Å². The maximum atomic E-state index is 12.3. The molecule has 1 N–H and O–H groups in total. The molecule has 2 aromatic carbocycles. The molecule has 2 heterocycles. The summed E-state index contributed by atoms with van der Waals surface area (Å²) in [5, 5.41) is 15.5. The Labute approximate surface area is 189 Å². The van der Waals surface area contributed by atoms with Gasteiger partial charge in [-0.05, 0) is 54.6 Å². The molecule has 0 aliphatic carbocycles. The molecule has 10 heteroatoms. The first kappa shape index (κ1) is 21.8. The molecule has 2 aromatic heterocycles. The van der Waals surface area contributed by atoms with Crippen LogP contribution in [0.4, 0.5) is 0 Å². The SMILES string of the molecule is COC(=O)c1ccc(C(=O)NCCOc2ccc3nnc(-c4ccc(OC)cc4)n3n2)cc1. The van der Waals surface area contributed by atoms with Gasteiger partial charge in [-0.3, -0.25) is 4.79 Å². The second kappa shape index (κ2) is 9.77. The van der Waals surface area contributed by atoms with E-state index < -0.39 is 5.97 Å². The van der Waals surface area contributed by atoms with E-state index in [2.05, 4.69) is 25.3 Å². The molecular weight excluding hydrogens is 426 g/mol. The number of aromatic nitrogens is 4. The van der Waals surface area contributed by atoms with E-state index in [1.807, 2.05) is 24.3 Å². The van der Waals surface area contributed by atoms with Gasteiger partial charge in [-0.15, -0.1) is 15.3 Å². The Kier molecular flexibility index (Phi) is 6.44. The third-order valence-electron chi connectivity index (χ3n) is 4.79. The number of benzene rings is 2. The van der Waals surface area contributed by atoms with Crippen LogP contribution in [0, 0.1) is 0 Å². The molecule has 168 valence electrons. The third kappa shape index (κ3) is 4.90. The molecule has 10 nitrogen and oxygen atoms in total. The Morgan fingerprint density at radius 3 is 2.33 bits per heavy atom. The lowest BCUT2D eigenvalue weighted by Gasteiger charge is -2.08. The highest BCUT2D eigenvalue weighted by Gasteiger charge is 2.12. The Morgan fingerprint density at radius 1 is 0.909 bits per heavy atom. The van der Waals surface area contributed by atoms with Crippen molar-refractivity contribution in [3.8, 4) is 23.0 Å². The topological polar surface area (TPSA) is 117 Å². The van der Waals surface area contributed by atoms with Crippen molar-refractivity contribution in [2.45, 2.75) is 0 Å². The molecule has 0 unspecified atom stereocenters.